The number of hydrogen-bond donors (Lipinski definition) is 0. The summed E-state index contributed by atoms with van der Waals surface area (Å²) in [7, 11) is 0. The molecule has 1 fully saturated rings. The second-order valence-corrected chi connectivity index (χ2v) is 28.4. The van der Waals surface area contributed by atoms with Gasteiger partial charge in [-0.15, -0.1) is 0 Å². The average Bonchev–Trinajstić information content (AvgIpc) is 3.66. The Kier molecular flexibility index (Phi) is 10.7. The molecule has 69 heavy (non-hydrogen) atoms. The van der Waals surface area contributed by atoms with E-state index in [0.29, 0.717) is 5.92 Å². The Morgan fingerprint density at radius 1 is 0.623 bits per heavy atom. The van der Waals surface area contributed by atoms with Crippen LogP contribution in [0.15, 0.2) is 94.4 Å². The van der Waals surface area contributed by atoms with E-state index in [9.17, 15) is 0 Å². The normalized spacial score (nSPS) is 21.0. The molecule has 1 atom stereocenters. The van der Waals surface area contributed by atoms with Crippen molar-refractivity contribution in [3.63, 3.8) is 0 Å². The number of hydrogen-bond acceptors (Lipinski definition) is 3. The van der Waals surface area contributed by atoms with Crippen LogP contribution in [0.3, 0.4) is 0 Å². The summed E-state index contributed by atoms with van der Waals surface area (Å²) in [6, 6.07) is 29.3. The fourth-order valence-electron chi connectivity index (χ4n) is 13.3. The van der Waals surface area contributed by atoms with Crippen LogP contribution in [0, 0.1) is 29.1 Å². The Hall–Kier alpha value is -4.70. The Morgan fingerprint density at radius 2 is 1.22 bits per heavy atom. The van der Waals surface area contributed by atoms with Gasteiger partial charge < -0.3 is 14.2 Å². The van der Waals surface area contributed by atoms with Gasteiger partial charge in [-0.05, 0) is 172 Å². The topological polar surface area (TPSA) is 19.6 Å². The lowest BCUT2D eigenvalue weighted by Crippen LogP contribution is -2.61. The number of nitrogens with zero attached hydrogens (tertiary/aromatic N) is 2. The molecule has 5 aromatic rings. The third-order valence-electron chi connectivity index (χ3n) is 17.6. The first kappa shape index (κ1) is 48.0. The van der Waals surface area contributed by atoms with E-state index in [2.05, 4.69) is 220 Å². The maximum Gasteiger partial charge on any atom is 0.297 e. The van der Waals surface area contributed by atoms with Crippen LogP contribution < -0.4 is 26.4 Å². The first-order valence-corrected chi connectivity index (χ1v) is 26.6. The minimum atomic E-state index is -0.120. The van der Waals surface area contributed by atoms with E-state index < -0.39 is 0 Å². The molecule has 3 aliphatic carbocycles. The smallest absolute Gasteiger partial charge is 0.297 e. The van der Waals surface area contributed by atoms with Crippen LogP contribution in [0.4, 0.5) is 34.1 Å². The molecule has 1 aromatic heterocycles. The number of benzene rings is 4. The third-order valence-corrected chi connectivity index (χ3v) is 17.6. The van der Waals surface area contributed by atoms with Gasteiger partial charge in [-0.1, -0.05) is 165 Å². The second-order valence-electron chi connectivity index (χ2n) is 28.4. The molecule has 4 aromatic carbocycles. The molecule has 0 N–H and O–H groups in total. The number of furan rings is 1. The van der Waals surface area contributed by atoms with Crippen molar-refractivity contribution in [2.45, 2.75) is 192 Å². The summed E-state index contributed by atoms with van der Waals surface area (Å²) in [5.41, 5.74) is 24.2. The van der Waals surface area contributed by atoms with Crippen molar-refractivity contribution in [2.24, 2.45) is 22.2 Å². The average molecular weight is 919 g/mol. The van der Waals surface area contributed by atoms with Crippen LogP contribution in [0.1, 0.15) is 196 Å². The molecule has 1 saturated carbocycles. The summed E-state index contributed by atoms with van der Waals surface area (Å²) >= 11 is 0. The quantitative estimate of drug-likeness (QED) is 0.164. The lowest BCUT2D eigenvalue weighted by atomic mass is 9.35. The monoisotopic (exact) mass is 919 g/mol. The van der Waals surface area contributed by atoms with Gasteiger partial charge in [0.1, 0.15) is 5.76 Å². The Balaban J connectivity index is 1.32. The Bertz CT molecular complexity index is 2980. The van der Waals surface area contributed by atoms with Gasteiger partial charge in [-0.2, -0.15) is 0 Å². The van der Waals surface area contributed by atoms with E-state index in [4.69, 9.17) is 4.42 Å². The standard InChI is InChI=1S/C65H83BN2O/c1-39-32-52-55-53(33-39)68(50-26-20-41(38-59(3,4)5)35-46(50)45-37-48-47(34-40(45)2)62(12,13)28-29-63(48,14)15)56-54-57(65(18,19)31-30-64(54,16)17)69-58(56)66(55)49-36-43(61(9,10)11)23-27-51(49)67(52)44-24-21-42(22-25-44)60(6,7)8/h20-27,32-33,35-37,47H,28-31,34,38H2,1-19H3. The van der Waals surface area contributed by atoms with Crippen LogP contribution in [-0.4, -0.2) is 6.71 Å². The Morgan fingerprint density at radius 3 is 1.86 bits per heavy atom. The van der Waals surface area contributed by atoms with Crippen LogP contribution in [-0.2, 0) is 28.1 Å². The lowest BCUT2D eigenvalue weighted by Gasteiger charge is -2.50. The molecule has 3 heterocycles. The van der Waals surface area contributed by atoms with Crippen molar-refractivity contribution in [2.75, 3.05) is 9.80 Å². The van der Waals surface area contributed by atoms with Crippen LogP contribution >= 0.6 is 0 Å². The van der Waals surface area contributed by atoms with Crippen LogP contribution in [0.2, 0.25) is 0 Å². The molecular formula is C65H83BN2O. The van der Waals surface area contributed by atoms with E-state index in [1.54, 1.807) is 5.57 Å². The molecule has 3 nitrogen and oxygen atoms in total. The first-order chi connectivity index (χ1) is 31.9. The molecule has 0 amide bonds. The molecule has 10 rings (SSSR count). The summed E-state index contributed by atoms with van der Waals surface area (Å²) in [6.07, 6.45) is 9.48. The molecule has 4 heteroatoms. The summed E-state index contributed by atoms with van der Waals surface area (Å²) in [6.45, 7) is 45.7. The number of rotatable bonds is 4. The van der Waals surface area contributed by atoms with Gasteiger partial charge >= 0.3 is 0 Å². The van der Waals surface area contributed by atoms with Crippen molar-refractivity contribution in [3.8, 4) is 0 Å². The third kappa shape index (κ3) is 7.83. The SMILES string of the molecule is CC1=C(c2cc(CC(C)(C)C)ccc2N2c3cc(C)cc4c3B(c3cc(C(C)(C)C)ccc3N4c3ccc(C(C)(C)C)cc3)c3oc4c(c32)C(C)(C)CCC4(C)C)C=C2C(C1)C(C)(C)CCC2(C)C. The fourth-order valence-corrected chi connectivity index (χ4v) is 13.3. The number of allylic oxidation sites excluding steroid dienone is 4. The van der Waals surface area contributed by atoms with Crippen LogP contribution in [0.5, 0.6) is 0 Å². The first-order valence-electron chi connectivity index (χ1n) is 26.6. The molecule has 2 aliphatic heterocycles. The number of fused-ring (bicyclic) bond motifs is 7. The zero-order chi connectivity index (χ0) is 49.9. The summed E-state index contributed by atoms with van der Waals surface area (Å²) in [5, 5.41) is 0. The van der Waals surface area contributed by atoms with Crippen molar-refractivity contribution in [1.29, 1.82) is 0 Å². The predicted octanol–water partition coefficient (Wildman–Crippen LogP) is 16.8. The maximum atomic E-state index is 7.82. The number of anilines is 6. The summed E-state index contributed by atoms with van der Waals surface area (Å²) < 4.78 is 7.82. The van der Waals surface area contributed by atoms with Gasteiger partial charge in [0.05, 0.1) is 17.0 Å². The van der Waals surface area contributed by atoms with Gasteiger partial charge in [0.25, 0.3) is 6.71 Å². The van der Waals surface area contributed by atoms with Crippen molar-refractivity contribution >= 4 is 63.0 Å². The molecule has 362 valence electrons. The molecule has 0 spiro atoms. The molecule has 0 radical (unpaired) electrons. The van der Waals surface area contributed by atoms with Crippen molar-refractivity contribution in [3.05, 3.63) is 129 Å². The van der Waals surface area contributed by atoms with E-state index in [1.165, 1.54) is 108 Å². The highest BCUT2D eigenvalue weighted by atomic mass is 16.3. The lowest BCUT2D eigenvalue weighted by molar-refractivity contribution is 0.122. The highest BCUT2D eigenvalue weighted by Gasteiger charge is 2.53. The second kappa shape index (κ2) is 15.4. The van der Waals surface area contributed by atoms with E-state index in [1.807, 2.05) is 0 Å². The predicted molar refractivity (Wildman–Crippen MR) is 299 cm³/mol. The van der Waals surface area contributed by atoms with E-state index in [-0.39, 0.29) is 44.6 Å². The van der Waals surface area contributed by atoms with Crippen molar-refractivity contribution < 1.29 is 4.42 Å². The largest absolute Gasteiger partial charge is 0.472 e. The van der Waals surface area contributed by atoms with Gasteiger partial charge in [-0.25, -0.2) is 0 Å². The fraction of sp³-hybridized carbons (Fsp3) is 0.508. The summed E-state index contributed by atoms with van der Waals surface area (Å²) in [4.78, 5) is 5.31. The van der Waals surface area contributed by atoms with Crippen molar-refractivity contribution in [1.82, 2.24) is 0 Å². The molecule has 0 saturated heterocycles. The zero-order valence-corrected chi connectivity index (χ0v) is 46.2. The zero-order valence-electron chi connectivity index (χ0n) is 46.2. The van der Waals surface area contributed by atoms with Gasteiger partial charge in [0.15, 0.2) is 0 Å². The Labute approximate surface area is 418 Å². The molecule has 5 aliphatic rings. The molecule has 0 bridgehead atoms. The minimum absolute atomic E-state index is 0.0363. The molecular weight excluding hydrogens is 836 g/mol. The van der Waals surface area contributed by atoms with Gasteiger partial charge in [-0.3, -0.25) is 0 Å². The van der Waals surface area contributed by atoms with E-state index in [0.717, 1.165) is 31.3 Å². The maximum absolute atomic E-state index is 7.82. The highest BCUT2D eigenvalue weighted by Crippen LogP contribution is 2.59. The summed E-state index contributed by atoms with van der Waals surface area (Å²) in [5.74, 6) is 1.71. The molecule has 1 unspecified atom stereocenters. The van der Waals surface area contributed by atoms with E-state index >= 15 is 0 Å². The number of aryl methyl sites for hydroxylation is 1. The minimum Gasteiger partial charge on any atom is -0.472 e. The van der Waals surface area contributed by atoms with Crippen LogP contribution in [0.25, 0.3) is 5.57 Å². The highest BCUT2D eigenvalue weighted by molar-refractivity contribution is 6.99. The van der Waals surface area contributed by atoms with Gasteiger partial charge in [0, 0.05) is 39.3 Å². The van der Waals surface area contributed by atoms with Gasteiger partial charge in [0.2, 0.25) is 0 Å².